The van der Waals surface area contributed by atoms with Crippen LogP contribution >= 0.6 is 0 Å². The molecule has 1 saturated carbocycles. The summed E-state index contributed by atoms with van der Waals surface area (Å²) in [5.41, 5.74) is 0. The summed E-state index contributed by atoms with van der Waals surface area (Å²) < 4.78 is 5.50. The average molecular weight is 172 g/mol. The topological polar surface area (TPSA) is 49.7 Å². The molecule has 1 heterocycles. The van der Waals surface area contributed by atoms with Gasteiger partial charge in [0.25, 0.3) is 0 Å². The van der Waals surface area contributed by atoms with E-state index in [4.69, 9.17) is 4.74 Å². The fourth-order valence-corrected chi connectivity index (χ4v) is 2.36. The summed E-state index contributed by atoms with van der Waals surface area (Å²) >= 11 is 0. The van der Waals surface area contributed by atoms with Crippen molar-refractivity contribution in [3.05, 3.63) is 0 Å². The smallest absolute Gasteiger partial charge is 0.0652 e. The number of aliphatic hydroxyl groups excluding tert-OH is 2. The Bertz CT molecular complexity index is 160. The van der Waals surface area contributed by atoms with Crippen molar-refractivity contribution in [2.45, 2.75) is 44.0 Å². The highest BCUT2D eigenvalue weighted by molar-refractivity contribution is 4.88. The summed E-state index contributed by atoms with van der Waals surface area (Å²) in [6.07, 6.45) is 2.75. The van der Waals surface area contributed by atoms with Crippen molar-refractivity contribution in [2.24, 2.45) is 5.92 Å². The lowest BCUT2D eigenvalue weighted by Gasteiger charge is -2.40. The molecular weight excluding hydrogens is 156 g/mol. The van der Waals surface area contributed by atoms with Crippen LogP contribution in [-0.4, -0.2) is 35.1 Å². The molecule has 0 radical (unpaired) electrons. The fourth-order valence-electron chi connectivity index (χ4n) is 2.36. The molecule has 12 heavy (non-hydrogen) atoms. The molecule has 1 aliphatic carbocycles. The molecule has 0 aromatic rings. The van der Waals surface area contributed by atoms with Gasteiger partial charge in [0.1, 0.15) is 0 Å². The van der Waals surface area contributed by atoms with Gasteiger partial charge in [-0.3, -0.25) is 0 Å². The third kappa shape index (κ3) is 1.49. The second-order valence-corrected chi connectivity index (χ2v) is 3.91. The van der Waals surface area contributed by atoms with E-state index < -0.39 is 0 Å². The van der Waals surface area contributed by atoms with Gasteiger partial charge in [0, 0.05) is 12.5 Å². The summed E-state index contributed by atoms with van der Waals surface area (Å²) in [6, 6.07) is 0. The highest BCUT2D eigenvalue weighted by atomic mass is 16.5. The van der Waals surface area contributed by atoms with Gasteiger partial charge in [0.15, 0.2) is 0 Å². The molecule has 2 rings (SSSR count). The number of fused-ring (bicyclic) bond motifs is 1. The number of rotatable bonds is 0. The first-order chi connectivity index (χ1) is 5.77. The van der Waals surface area contributed by atoms with Crippen LogP contribution in [0.4, 0.5) is 0 Å². The maximum Gasteiger partial charge on any atom is 0.0652 e. The minimum absolute atomic E-state index is 0.109. The standard InChI is InChI=1S/C9H16O3/c10-6-4-8(11)7-2-1-3-12-9(7)5-6/h6-11H,1-5H2. The van der Waals surface area contributed by atoms with E-state index in [0.717, 1.165) is 19.4 Å². The first kappa shape index (κ1) is 8.48. The summed E-state index contributed by atoms with van der Waals surface area (Å²) in [5.74, 6) is 0.280. The van der Waals surface area contributed by atoms with Gasteiger partial charge in [-0.25, -0.2) is 0 Å². The van der Waals surface area contributed by atoms with Crippen molar-refractivity contribution < 1.29 is 14.9 Å². The Hall–Kier alpha value is -0.120. The molecule has 4 atom stereocenters. The first-order valence-corrected chi connectivity index (χ1v) is 4.75. The molecule has 1 aliphatic heterocycles. The van der Waals surface area contributed by atoms with Gasteiger partial charge in [-0.05, 0) is 25.7 Å². The van der Waals surface area contributed by atoms with E-state index in [1.807, 2.05) is 0 Å². The van der Waals surface area contributed by atoms with Crippen molar-refractivity contribution >= 4 is 0 Å². The Morgan fingerprint density at radius 1 is 1.17 bits per heavy atom. The van der Waals surface area contributed by atoms with Gasteiger partial charge in [-0.1, -0.05) is 0 Å². The van der Waals surface area contributed by atoms with E-state index in [2.05, 4.69) is 0 Å². The highest BCUT2D eigenvalue weighted by Gasteiger charge is 2.38. The lowest BCUT2D eigenvalue weighted by atomic mass is 9.78. The monoisotopic (exact) mass is 172 g/mol. The average Bonchev–Trinajstić information content (AvgIpc) is 2.04. The Labute approximate surface area is 72.3 Å². The van der Waals surface area contributed by atoms with Crippen LogP contribution in [0.5, 0.6) is 0 Å². The number of ether oxygens (including phenoxy) is 1. The number of aliphatic hydroxyl groups is 2. The lowest BCUT2D eigenvalue weighted by Crippen LogP contribution is -2.45. The molecule has 0 spiro atoms. The van der Waals surface area contributed by atoms with Crippen molar-refractivity contribution in [1.82, 2.24) is 0 Å². The predicted molar refractivity (Wildman–Crippen MR) is 43.7 cm³/mol. The van der Waals surface area contributed by atoms with Gasteiger partial charge >= 0.3 is 0 Å². The summed E-state index contributed by atoms with van der Waals surface area (Å²) in [4.78, 5) is 0. The van der Waals surface area contributed by atoms with Gasteiger partial charge in [0.2, 0.25) is 0 Å². The maximum atomic E-state index is 9.63. The van der Waals surface area contributed by atoms with Crippen molar-refractivity contribution in [2.75, 3.05) is 6.61 Å². The van der Waals surface area contributed by atoms with E-state index in [0.29, 0.717) is 12.8 Å². The Balaban J connectivity index is 2.01. The van der Waals surface area contributed by atoms with Crippen LogP contribution in [0.2, 0.25) is 0 Å². The second-order valence-electron chi connectivity index (χ2n) is 3.91. The number of hydrogen-bond donors (Lipinski definition) is 2. The van der Waals surface area contributed by atoms with Crippen LogP contribution < -0.4 is 0 Å². The third-order valence-electron chi connectivity index (χ3n) is 3.00. The molecule has 2 N–H and O–H groups in total. The van der Waals surface area contributed by atoms with Crippen LogP contribution in [0.3, 0.4) is 0 Å². The van der Waals surface area contributed by atoms with Gasteiger partial charge in [0.05, 0.1) is 18.3 Å². The zero-order chi connectivity index (χ0) is 8.55. The zero-order valence-electron chi connectivity index (χ0n) is 7.15. The van der Waals surface area contributed by atoms with Crippen molar-refractivity contribution in [3.63, 3.8) is 0 Å². The fraction of sp³-hybridized carbons (Fsp3) is 1.00. The van der Waals surface area contributed by atoms with Crippen LogP contribution in [0.25, 0.3) is 0 Å². The SMILES string of the molecule is OC1CC(O)C2CCCOC2C1. The minimum Gasteiger partial charge on any atom is -0.393 e. The van der Waals surface area contributed by atoms with Crippen molar-refractivity contribution in [1.29, 1.82) is 0 Å². The molecule has 0 aromatic carbocycles. The number of hydrogen-bond acceptors (Lipinski definition) is 3. The predicted octanol–water partition coefficient (Wildman–Crippen LogP) is 0.297. The third-order valence-corrected chi connectivity index (χ3v) is 3.00. The van der Waals surface area contributed by atoms with Gasteiger partial charge < -0.3 is 14.9 Å². The lowest BCUT2D eigenvalue weighted by molar-refractivity contribution is -0.126. The quantitative estimate of drug-likeness (QED) is 0.552. The van der Waals surface area contributed by atoms with Crippen LogP contribution in [-0.2, 0) is 4.74 Å². The van der Waals surface area contributed by atoms with E-state index >= 15 is 0 Å². The van der Waals surface area contributed by atoms with Crippen molar-refractivity contribution in [3.8, 4) is 0 Å². The first-order valence-electron chi connectivity index (χ1n) is 4.75. The molecule has 2 fully saturated rings. The van der Waals surface area contributed by atoms with E-state index in [9.17, 15) is 10.2 Å². The summed E-state index contributed by atoms with van der Waals surface area (Å²) in [5, 5.41) is 19.0. The minimum atomic E-state index is -0.362. The molecule has 3 heteroatoms. The molecule has 3 nitrogen and oxygen atoms in total. The molecule has 1 saturated heterocycles. The molecular formula is C9H16O3. The zero-order valence-corrected chi connectivity index (χ0v) is 7.15. The summed E-state index contributed by atoms with van der Waals surface area (Å²) in [7, 11) is 0. The Kier molecular flexibility index (Phi) is 2.35. The maximum absolute atomic E-state index is 9.63. The van der Waals surface area contributed by atoms with E-state index in [1.54, 1.807) is 0 Å². The Morgan fingerprint density at radius 2 is 2.00 bits per heavy atom. The van der Waals surface area contributed by atoms with E-state index in [-0.39, 0.29) is 24.2 Å². The second kappa shape index (κ2) is 3.32. The molecule has 0 amide bonds. The van der Waals surface area contributed by atoms with Crippen LogP contribution in [0.1, 0.15) is 25.7 Å². The normalized spacial score (nSPS) is 48.5. The van der Waals surface area contributed by atoms with Crippen LogP contribution in [0, 0.1) is 5.92 Å². The molecule has 70 valence electrons. The summed E-state index contributed by atoms with van der Waals surface area (Å²) in [6.45, 7) is 0.792. The highest BCUT2D eigenvalue weighted by Crippen LogP contribution is 2.33. The molecule has 0 aromatic heterocycles. The van der Waals surface area contributed by atoms with Gasteiger partial charge in [-0.2, -0.15) is 0 Å². The molecule has 2 aliphatic rings. The molecule has 0 bridgehead atoms. The largest absolute Gasteiger partial charge is 0.393 e. The van der Waals surface area contributed by atoms with Crippen LogP contribution in [0.15, 0.2) is 0 Å². The van der Waals surface area contributed by atoms with E-state index in [1.165, 1.54) is 0 Å². The molecule has 4 unspecified atom stereocenters. The Morgan fingerprint density at radius 3 is 2.83 bits per heavy atom. The van der Waals surface area contributed by atoms with Gasteiger partial charge in [-0.15, -0.1) is 0 Å².